The standard InChI is InChI=1S/C12H15F2N/c1-8(15)9-2-4-10(5-3-9)12(13,14)11-6-7-11/h2-5,8,11H,6-7,15H2,1H3. The van der Waals surface area contributed by atoms with Crippen LogP contribution in [0.4, 0.5) is 8.78 Å². The van der Waals surface area contributed by atoms with Crippen molar-refractivity contribution in [2.75, 3.05) is 0 Å². The van der Waals surface area contributed by atoms with E-state index in [0.29, 0.717) is 12.8 Å². The molecule has 0 bridgehead atoms. The molecule has 1 aliphatic carbocycles. The summed E-state index contributed by atoms with van der Waals surface area (Å²) in [4.78, 5) is 0. The maximum Gasteiger partial charge on any atom is 0.276 e. The minimum atomic E-state index is -2.66. The van der Waals surface area contributed by atoms with Crippen LogP contribution < -0.4 is 5.73 Å². The quantitative estimate of drug-likeness (QED) is 0.816. The van der Waals surface area contributed by atoms with Crippen molar-refractivity contribution >= 4 is 0 Å². The van der Waals surface area contributed by atoms with Crippen LogP contribution in [-0.4, -0.2) is 0 Å². The van der Waals surface area contributed by atoms with Gasteiger partial charge in [0.15, 0.2) is 0 Å². The summed E-state index contributed by atoms with van der Waals surface area (Å²) in [6, 6.07) is 6.27. The molecule has 1 fully saturated rings. The second-order valence-corrected chi connectivity index (χ2v) is 4.31. The van der Waals surface area contributed by atoms with Crippen molar-refractivity contribution in [3.8, 4) is 0 Å². The SMILES string of the molecule is CC(N)c1ccc(C(F)(F)C2CC2)cc1. The average Bonchev–Trinajstić information content (AvgIpc) is 3.01. The van der Waals surface area contributed by atoms with Gasteiger partial charge in [-0.2, -0.15) is 0 Å². The smallest absolute Gasteiger partial charge is 0.276 e. The molecule has 0 radical (unpaired) electrons. The fourth-order valence-corrected chi connectivity index (χ4v) is 1.69. The van der Waals surface area contributed by atoms with Crippen molar-refractivity contribution in [3.63, 3.8) is 0 Å². The van der Waals surface area contributed by atoms with E-state index in [1.807, 2.05) is 6.92 Å². The number of benzene rings is 1. The van der Waals surface area contributed by atoms with E-state index in [9.17, 15) is 8.78 Å². The number of hydrogen-bond donors (Lipinski definition) is 1. The Kier molecular flexibility index (Phi) is 2.51. The molecule has 1 saturated carbocycles. The van der Waals surface area contributed by atoms with Gasteiger partial charge in [0, 0.05) is 17.5 Å². The van der Waals surface area contributed by atoms with Gasteiger partial charge in [-0.3, -0.25) is 0 Å². The molecule has 1 aliphatic rings. The van der Waals surface area contributed by atoms with Crippen LogP contribution in [0.5, 0.6) is 0 Å². The van der Waals surface area contributed by atoms with Crippen molar-refractivity contribution in [1.29, 1.82) is 0 Å². The topological polar surface area (TPSA) is 26.0 Å². The van der Waals surface area contributed by atoms with Gasteiger partial charge in [-0.1, -0.05) is 24.3 Å². The summed E-state index contributed by atoms with van der Waals surface area (Å²) in [5.74, 6) is -3.10. The Morgan fingerprint density at radius 2 is 1.80 bits per heavy atom. The first-order valence-electron chi connectivity index (χ1n) is 5.25. The largest absolute Gasteiger partial charge is 0.324 e. The highest BCUT2D eigenvalue weighted by Crippen LogP contribution is 2.49. The Labute approximate surface area is 88.3 Å². The van der Waals surface area contributed by atoms with Crippen LogP contribution in [0.2, 0.25) is 0 Å². The molecule has 0 spiro atoms. The first-order valence-corrected chi connectivity index (χ1v) is 5.25. The first-order chi connectivity index (χ1) is 7.01. The zero-order chi connectivity index (χ0) is 11.1. The summed E-state index contributed by atoms with van der Waals surface area (Å²) in [6.07, 6.45) is 1.28. The number of nitrogens with two attached hydrogens (primary N) is 1. The summed E-state index contributed by atoms with van der Waals surface area (Å²) in [6.45, 7) is 1.84. The average molecular weight is 211 g/mol. The monoisotopic (exact) mass is 211 g/mol. The van der Waals surface area contributed by atoms with Gasteiger partial charge in [-0.05, 0) is 25.3 Å². The molecule has 1 atom stereocenters. The van der Waals surface area contributed by atoms with E-state index < -0.39 is 11.8 Å². The molecule has 0 saturated heterocycles. The van der Waals surface area contributed by atoms with E-state index in [4.69, 9.17) is 5.73 Å². The van der Waals surface area contributed by atoms with Gasteiger partial charge in [0.05, 0.1) is 0 Å². The number of rotatable bonds is 3. The van der Waals surface area contributed by atoms with E-state index in [1.165, 1.54) is 12.1 Å². The molecular formula is C12H15F2N. The molecule has 3 heteroatoms. The van der Waals surface area contributed by atoms with Gasteiger partial charge in [0.25, 0.3) is 5.92 Å². The number of hydrogen-bond acceptors (Lipinski definition) is 1. The third kappa shape index (κ3) is 2.02. The minimum Gasteiger partial charge on any atom is -0.324 e. The second-order valence-electron chi connectivity index (χ2n) is 4.31. The van der Waals surface area contributed by atoms with Crippen LogP contribution in [-0.2, 0) is 5.92 Å². The lowest BCUT2D eigenvalue weighted by molar-refractivity contribution is -0.0285. The van der Waals surface area contributed by atoms with Crippen LogP contribution in [0.3, 0.4) is 0 Å². The van der Waals surface area contributed by atoms with Crippen LogP contribution in [0.25, 0.3) is 0 Å². The summed E-state index contributed by atoms with van der Waals surface area (Å²) in [5.41, 5.74) is 6.67. The second kappa shape index (κ2) is 3.56. The van der Waals surface area contributed by atoms with Gasteiger partial charge in [-0.15, -0.1) is 0 Å². The maximum atomic E-state index is 13.6. The van der Waals surface area contributed by atoms with Crippen LogP contribution >= 0.6 is 0 Å². The molecule has 0 aromatic heterocycles. The summed E-state index contributed by atoms with van der Waals surface area (Å²) in [7, 11) is 0. The lowest BCUT2D eigenvalue weighted by Gasteiger charge is -2.16. The Bertz CT molecular complexity index is 339. The number of halogens is 2. The lowest BCUT2D eigenvalue weighted by atomic mass is 10.0. The zero-order valence-corrected chi connectivity index (χ0v) is 8.71. The summed E-state index contributed by atoms with van der Waals surface area (Å²) >= 11 is 0. The first kappa shape index (κ1) is 10.6. The Morgan fingerprint density at radius 3 is 2.20 bits per heavy atom. The van der Waals surface area contributed by atoms with Gasteiger partial charge >= 0.3 is 0 Å². The van der Waals surface area contributed by atoms with E-state index in [-0.39, 0.29) is 11.6 Å². The third-order valence-corrected chi connectivity index (χ3v) is 2.91. The molecular weight excluding hydrogens is 196 g/mol. The Balaban J connectivity index is 2.22. The normalized spacial score (nSPS) is 18.9. The third-order valence-electron chi connectivity index (χ3n) is 2.91. The Morgan fingerprint density at radius 1 is 1.27 bits per heavy atom. The van der Waals surface area contributed by atoms with E-state index in [1.54, 1.807) is 12.1 Å². The van der Waals surface area contributed by atoms with Crippen LogP contribution in [0.15, 0.2) is 24.3 Å². The summed E-state index contributed by atoms with van der Waals surface area (Å²) < 4.78 is 27.3. The van der Waals surface area contributed by atoms with Gasteiger partial charge in [0.2, 0.25) is 0 Å². The molecule has 15 heavy (non-hydrogen) atoms. The number of alkyl halides is 2. The van der Waals surface area contributed by atoms with Gasteiger partial charge in [0.1, 0.15) is 0 Å². The van der Waals surface area contributed by atoms with Gasteiger partial charge < -0.3 is 5.73 Å². The maximum absolute atomic E-state index is 13.6. The van der Waals surface area contributed by atoms with Crippen LogP contribution in [0, 0.1) is 5.92 Å². The molecule has 1 unspecified atom stereocenters. The van der Waals surface area contributed by atoms with Crippen molar-refractivity contribution in [3.05, 3.63) is 35.4 Å². The predicted molar refractivity (Wildman–Crippen MR) is 55.7 cm³/mol. The molecule has 2 N–H and O–H groups in total. The van der Waals surface area contributed by atoms with Crippen molar-refractivity contribution < 1.29 is 8.78 Å². The van der Waals surface area contributed by atoms with Crippen molar-refractivity contribution in [2.24, 2.45) is 11.7 Å². The minimum absolute atomic E-state index is 0.103. The van der Waals surface area contributed by atoms with E-state index in [2.05, 4.69) is 0 Å². The highest BCUT2D eigenvalue weighted by Gasteiger charge is 2.47. The fraction of sp³-hybridized carbons (Fsp3) is 0.500. The van der Waals surface area contributed by atoms with E-state index in [0.717, 1.165) is 5.56 Å². The molecule has 2 rings (SSSR count). The van der Waals surface area contributed by atoms with Crippen molar-refractivity contribution in [2.45, 2.75) is 31.7 Å². The molecule has 1 nitrogen and oxygen atoms in total. The highest BCUT2D eigenvalue weighted by atomic mass is 19.3. The highest BCUT2D eigenvalue weighted by molar-refractivity contribution is 5.28. The van der Waals surface area contributed by atoms with Gasteiger partial charge in [-0.25, -0.2) is 8.78 Å². The molecule has 0 heterocycles. The Hall–Kier alpha value is -0.960. The molecule has 1 aromatic carbocycles. The molecule has 0 aliphatic heterocycles. The zero-order valence-electron chi connectivity index (χ0n) is 8.71. The van der Waals surface area contributed by atoms with Crippen LogP contribution in [0.1, 0.15) is 36.9 Å². The molecule has 1 aromatic rings. The predicted octanol–water partition coefficient (Wildman–Crippen LogP) is 3.21. The van der Waals surface area contributed by atoms with E-state index >= 15 is 0 Å². The summed E-state index contributed by atoms with van der Waals surface area (Å²) in [5, 5.41) is 0. The fourth-order valence-electron chi connectivity index (χ4n) is 1.69. The molecule has 82 valence electrons. The van der Waals surface area contributed by atoms with Crippen molar-refractivity contribution in [1.82, 2.24) is 0 Å². The lowest BCUT2D eigenvalue weighted by Crippen LogP contribution is -2.16. The molecule has 0 amide bonds.